The molecule has 0 saturated carbocycles. The van der Waals surface area contributed by atoms with Gasteiger partial charge in [-0.1, -0.05) is 44.2 Å². The molecule has 9 heteroatoms. The summed E-state index contributed by atoms with van der Waals surface area (Å²) >= 11 is 0. The fraction of sp³-hybridized carbons (Fsp3) is 0.385. The van der Waals surface area contributed by atoms with Crippen LogP contribution in [-0.4, -0.2) is 56.2 Å². The number of benzene rings is 2. The lowest BCUT2D eigenvalue weighted by atomic mass is 10.0. The Morgan fingerprint density at radius 2 is 1.54 bits per heavy atom. The molecule has 0 aromatic heterocycles. The minimum Gasteiger partial charge on any atom is -0.494 e. The van der Waals surface area contributed by atoms with Crippen molar-refractivity contribution in [2.75, 3.05) is 20.3 Å². The van der Waals surface area contributed by atoms with E-state index in [-0.39, 0.29) is 12.3 Å². The first kappa shape index (κ1) is 27.4. The van der Waals surface area contributed by atoms with Crippen LogP contribution in [0.3, 0.4) is 0 Å². The number of amides is 2. The van der Waals surface area contributed by atoms with E-state index < -0.39 is 42.4 Å². The molecule has 2 aromatic carbocycles. The molecule has 188 valence electrons. The van der Waals surface area contributed by atoms with Gasteiger partial charge in [0, 0.05) is 12.0 Å². The van der Waals surface area contributed by atoms with Gasteiger partial charge in [-0.25, -0.2) is 9.59 Å². The van der Waals surface area contributed by atoms with Gasteiger partial charge in [-0.15, -0.1) is 0 Å². The topological polar surface area (TPSA) is 120 Å². The highest BCUT2D eigenvalue weighted by molar-refractivity contribution is 5.97. The Balaban J connectivity index is 1.94. The molecule has 2 aromatic rings. The van der Waals surface area contributed by atoms with Gasteiger partial charge in [0.15, 0.2) is 6.61 Å². The van der Waals surface area contributed by atoms with Crippen LogP contribution in [0.4, 0.5) is 0 Å². The molecule has 35 heavy (non-hydrogen) atoms. The number of carbonyl (C=O) groups excluding carboxylic acids is 4. The zero-order chi connectivity index (χ0) is 25.8. The zero-order valence-electron chi connectivity index (χ0n) is 20.4. The smallest absolute Gasteiger partial charge is 0.329 e. The molecule has 0 spiro atoms. The van der Waals surface area contributed by atoms with Crippen molar-refractivity contribution in [1.82, 2.24) is 10.6 Å². The van der Waals surface area contributed by atoms with Gasteiger partial charge in [0.1, 0.15) is 17.8 Å². The van der Waals surface area contributed by atoms with E-state index in [0.717, 1.165) is 5.56 Å². The van der Waals surface area contributed by atoms with Crippen molar-refractivity contribution in [1.29, 1.82) is 0 Å². The van der Waals surface area contributed by atoms with Gasteiger partial charge in [-0.05, 0) is 42.7 Å². The Morgan fingerprint density at radius 3 is 2.11 bits per heavy atom. The van der Waals surface area contributed by atoms with Crippen molar-refractivity contribution < 1.29 is 33.4 Å². The number of carbonyl (C=O) groups is 4. The maximum Gasteiger partial charge on any atom is 0.329 e. The van der Waals surface area contributed by atoms with Crippen LogP contribution in [0, 0.1) is 5.92 Å². The fourth-order valence-electron chi connectivity index (χ4n) is 3.24. The van der Waals surface area contributed by atoms with E-state index in [1.54, 1.807) is 38.1 Å². The second-order valence-corrected chi connectivity index (χ2v) is 8.09. The summed E-state index contributed by atoms with van der Waals surface area (Å²) in [6.45, 7) is 5.25. The molecule has 0 aliphatic heterocycles. The van der Waals surface area contributed by atoms with Crippen molar-refractivity contribution in [3.8, 4) is 5.75 Å². The van der Waals surface area contributed by atoms with Crippen molar-refractivity contribution in [3.05, 3.63) is 65.7 Å². The van der Waals surface area contributed by atoms with Crippen LogP contribution in [0.25, 0.3) is 0 Å². The average Bonchev–Trinajstić information content (AvgIpc) is 2.85. The Kier molecular flexibility index (Phi) is 10.7. The van der Waals surface area contributed by atoms with Crippen LogP contribution in [0.2, 0.25) is 0 Å². The van der Waals surface area contributed by atoms with E-state index in [0.29, 0.717) is 17.9 Å². The van der Waals surface area contributed by atoms with E-state index in [9.17, 15) is 19.2 Å². The summed E-state index contributed by atoms with van der Waals surface area (Å²) in [7, 11) is 1.23. The zero-order valence-corrected chi connectivity index (χ0v) is 20.4. The first-order chi connectivity index (χ1) is 16.7. The number of methoxy groups -OCH3 is 1. The first-order valence-corrected chi connectivity index (χ1v) is 11.4. The molecular weight excluding hydrogens is 452 g/mol. The standard InChI is InChI=1S/C26H32N2O7/c1-5-34-20-13-11-19(12-14-20)24(30)28-23(17(2)3)26(32)35-16-22(29)27-21(25(31)33-4)15-18-9-7-6-8-10-18/h6-14,17,21,23H,5,15-16H2,1-4H3,(H,27,29)(H,28,30)/t21?,23-/m0/s1. The van der Waals surface area contributed by atoms with Gasteiger partial charge < -0.3 is 24.8 Å². The lowest BCUT2D eigenvalue weighted by Crippen LogP contribution is -2.48. The number of hydrogen-bond acceptors (Lipinski definition) is 7. The van der Waals surface area contributed by atoms with Crippen LogP contribution in [0.1, 0.15) is 36.7 Å². The predicted molar refractivity (Wildman–Crippen MR) is 129 cm³/mol. The molecule has 2 amide bonds. The lowest BCUT2D eigenvalue weighted by molar-refractivity contribution is -0.152. The van der Waals surface area contributed by atoms with Gasteiger partial charge in [-0.3, -0.25) is 9.59 Å². The highest BCUT2D eigenvalue weighted by Gasteiger charge is 2.28. The highest BCUT2D eigenvalue weighted by atomic mass is 16.5. The van der Waals surface area contributed by atoms with Gasteiger partial charge in [0.25, 0.3) is 11.8 Å². The quantitative estimate of drug-likeness (QED) is 0.444. The van der Waals surface area contributed by atoms with Gasteiger partial charge in [0.2, 0.25) is 0 Å². The minimum atomic E-state index is -0.970. The molecule has 0 fully saturated rings. The largest absolute Gasteiger partial charge is 0.494 e. The molecule has 2 atom stereocenters. The van der Waals surface area contributed by atoms with Crippen LogP contribution in [0.5, 0.6) is 5.75 Å². The maximum absolute atomic E-state index is 12.6. The normalized spacial score (nSPS) is 12.3. The predicted octanol–water partition coefficient (Wildman–Crippen LogP) is 2.28. The molecule has 0 aliphatic carbocycles. The number of nitrogens with one attached hydrogen (secondary N) is 2. The van der Waals surface area contributed by atoms with Crippen LogP contribution in [-0.2, 0) is 30.3 Å². The summed E-state index contributed by atoms with van der Waals surface area (Å²) in [5, 5.41) is 5.18. The first-order valence-electron chi connectivity index (χ1n) is 11.4. The molecule has 2 rings (SSSR count). The van der Waals surface area contributed by atoms with Crippen molar-refractivity contribution in [2.45, 2.75) is 39.3 Å². The number of hydrogen-bond donors (Lipinski definition) is 2. The Morgan fingerprint density at radius 1 is 0.886 bits per heavy atom. The third kappa shape index (κ3) is 8.77. The Labute approximate surface area is 205 Å². The number of esters is 2. The van der Waals surface area contributed by atoms with E-state index in [1.165, 1.54) is 7.11 Å². The monoisotopic (exact) mass is 484 g/mol. The Hall–Kier alpha value is -3.88. The highest BCUT2D eigenvalue weighted by Crippen LogP contribution is 2.13. The Bertz CT molecular complexity index is 991. The summed E-state index contributed by atoms with van der Waals surface area (Å²) < 4.78 is 15.3. The number of rotatable bonds is 12. The van der Waals surface area contributed by atoms with E-state index in [4.69, 9.17) is 14.2 Å². The summed E-state index contributed by atoms with van der Waals surface area (Å²) in [5.74, 6) is -2.15. The van der Waals surface area contributed by atoms with Crippen molar-refractivity contribution >= 4 is 23.8 Å². The lowest BCUT2D eigenvalue weighted by Gasteiger charge is -2.21. The van der Waals surface area contributed by atoms with E-state index >= 15 is 0 Å². The van der Waals surface area contributed by atoms with Crippen LogP contribution < -0.4 is 15.4 Å². The van der Waals surface area contributed by atoms with E-state index in [2.05, 4.69) is 10.6 Å². The summed E-state index contributed by atoms with van der Waals surface area (Å²) in [6, 6.07) is 13.7. The summed E-state index contributed by atoms with van der Waals surface area (Å²) in [6.07, 6.45) is 0.222. The molecule has 2 N–H and O–H groups in total. The van der Waals surface area contributed by atoms with Gasteiger partial charge >= 0.3 is 11.9 Å². The molecule has 0 saturated heterocycles. The van der Waals surface area contributed by atoms with Crippen LogP contribution in [0.15, 0.2) is 54.6 Å². The van der Waals surface area contributed by atoms with Gasteiger partial charge in [-0.2, -0.15) is 0 Å². The second-order valence-electron chi connectivity index (χ2n) is 8.09. The molecule has 0 bridgehead atoms. The summed E-state index contributed by atoms with van der Waals surface area (Å²) in [5.41, 5.74) is 1.18. The molecule has 1 unspecified atom stereocenters. The molecule has 9 nitrogen and oxygen atoms in total. The van der Waals surface area contributed by atoms with Crippen molar-refractivity contribution in [3.63, 3.8) is 0 Å². The third-order valence-electron chi connectivity index (χ3n) is 5.08. The fourth-order valence-corrected chi connectivity index (χ4v) is 3.24. The summed E-state index contributed by atoms with van der Waals surface area (Å²) in [4.78, 5) is 49.7. The minimum absolute atomic E-state index is 0.222. The SMILES string of the molecule is CCOc1ccc(C(=O)N[C@H](C(=O)OCC(=O)NC(Cc2ccccc2)C(=O)OC)C(C)C)cc1. The molecule has 0 radical (unpaired) electrons. The van der Waals surface area contributed by atoms with E-state index in [1.807, 2.05) is 37.3 Å². The molecule has 0 aliphatic rings. The number of ether oxygens (including phenoxy) is 3. The maximum atomic E-state index is 12.6. The van der Waals surface area contributed by atoms with Crippen molar-refractivity contribution in [2.24, 2.45) is 5.92 Å². The second kappa shape index (κ2) is 13.7. The van der Waals surface area contributed by atoms with Gasteiger partial charge in [0.05, 0.1) is 13.7 Å². The third-order valence-corrected chi connectivity index (χ3v) is 5.08. The average molecular weight is 485 g/mol. The van der Waals surface area contributed by atoms with Crippen LogP contribution >= 0.6 is 0 Å². The molecular formula is C26H32N2O7. The molecule has 0 heterocycles.